The molecule has 3 aliphatic carbocycles. The summed E-state index contributed by atoms with van der Waals surface area (Å²) in [7, 11) is 0. The van der Waals surface area contributed by atoms with Crippen molar-refractivity contribution in [3.63, 3.8) is 0 Å². The predicted molar refractivity (Wildman–Crippen MR) is 246 cm³/mol. The first-order valence-corrected chi connectivity index (χ1v) is 20.8. The van der Waals surface area contributed by atoms with Gasteiger partial charge in [-0.3, -0.25) is 0 Å². The van der Waals surface area contributed by atoms with Crippen LogP contribution < -0.4 is 4.90 Å². The van der Waals surface area contributed by atoms with E-state index in [1.165, 1.54) is 89.0 Å². The number of nitrogens with zero attached hydrogens (tertiary/aromatic N) is 1. The van der Waals surface area contributed by atoms with Crippen LogP contribution in [-0.2, 0) is 10.8 Å². The molecule has 0 bridgehead atoms. The average Bonchev–Trinajstić information content (AvgIpc) is 3.68. The van der Waals surface area contributed by atoms with Gasteiger partial charge in [0.05, 0.1) is 11.1 Å². The third-order valence-electron chi connectivity index (χ3n) is 13.5. The second kappa shape index (κ2) is 12.6. The molecule has 0 amide bonds. The van der Waals surface area contributed by atoms with Crippen LogP contribution in [0.25, 0.3) is 55.6 Å². The first-order chi connectivity index (χ1) is 29.0. The minimum Gasteiger partial charge on any atom is -0.310 e. The van der Waals surface area contributed by atoms with Gasteiger partial charge in [-0.25, -0.2) is 0 Å². The van der Waals surface area contributed by atoms with Gasteiger partial charge in [0.25, 0.3) is 0 Å². The van der Waals surface area contributed by atoms with Gasteiger partial charge in [-0.2, -0.15) is 0 Å². The molecule has 278 valence electrons. The molecule has 9 aromatic rings. The number of para-hydroxylation sites is 1. The maximum absolute atomic E-state index is 2.51. The highest BCUT2D eigenvalue weighted by Crippen LogP contribution is 2.62. The molecule has 1 spiro atoms. The molecule has 0 aliphatic heterocycles. The maximum atomic E-state index is 2.51. The Hall–Kier alpha value is -7.22. The molecular weight excluding hydrogens is 711 g/mol. The lowest BCUT2D eigenvalue weighted by Gasteiger charge is -2.36. The summed E-state index contributed by atoms with van der Waals surface area (Å²) in [5.74, 6) is 0. The molecule has 9 aromatic carbocycles. The Kier molecular flexibility index (Phi) is 7.26. The summed E-state index contributed by atoms with van der Waals surface area (Å²) in [6.45, 7) is 4.74. The number of rotatable bonds is 4. The van der Waals surface area contributed by atoms with E-state index in [0.717, 1.165) is 17.1 Å². The van der Waals surface area contributed by atoms with Crippen molar-refractivity contribution in [3.8, 4) is 55.6 Å². The van der Waals surface area contributed by atoms with Crippen LogP contribution >= 0.6 is 0 Å². The van der Waals surface area contributed by atoms with Gasteiger partial charge in [-0.15, -0.1) is 0 Å². The van der Waals surface area contributed by atoms with Crippen molar-refractivity contribution in [3.05, 3.63) is 246 Å². The summed E-state index contributed by atoms with van der Waals surface area (Å²) in [6.07, 6.45) is 0. The molecule has 1 nitrogen and oxygen atoms in total. The Labute approximate surface area is 346 Å². The van der Waals surface area contributed by atoms with Gasteiger partial charge in [-0.05, 0) is 114 Å². The van der Waals surface area contributed by atoms with Crippen LogP contribution in [0, 0.1) is 0 Å². The van der Waals surface area contributed by atoms with Crippen molar-refractivity contribution < 1.29 is 0 Å². The quantitative estimate of drug-likeness (QED) is 0.173. The van der Waals surface area contributed by atoms with E-state index in [4.69, 9.17) is 0 Å². The van der Waals surface area contributed by atoms with Gasteiger partial charge >= 0.3 is 0 Å². The molecule has 0 N–H and O–H groups in total. The van der Waals surface area contributed by atoms with Crippen molar-refractivity contribution in [1.82, 2.24) is 0 Å². The molecule has 0 unspecified atom stereocenters. The number of hydrogen-bond donors (Lipinski definition) is 0. The van der Waals surface area contributed by atoms with Crippen LogP contribution in [0.3, 0.4) is 0 Å². The first kappa shape index (κ1) is 33.9. The van der Waals surface area contributed by atoms with Gasteiger partial charge in [0.1, 0.15) is 0 Å². The zero-order chi connectivity index (χ0) is 39.3. The molecule has 0 atom stereocenters. The molecule has 0 radical (unpaired) electrons. The fourth-order valence-electron chi connectivity index (χ4n) is 11.0. The van der Waals surface area contributed by atoms with Crippen LogP contribution in [0.4, 0.5) is 17.1 Å². The van der Waals surface area contributed by atoms with Crippen molar-refractivity contribution in [2.45, 2.75) is 24.7 Å². The van der Waals surface area contributed by atoms with E-state index in [9.17, 15) is 0 Å². The summed E-state index contributed by atoms with van der Waals surface area (Å²) in [5, 5.41) is 0. The topological polar surface area (TPSA) is 3.24 Å². The van der Waals surface area contributed by atoms with Gasteiger partial charge in [0.2, 0.25) is 0 Å². The molecule has 12 rings (SSSR count). The summed E-state index contributed by atoms with van der Waals surface area (Å²) in [4.78, 5) is 2.51. The lowest BCUT2D eigenvalue weighted by molar-refractivity contribution is 0.660. The van der Waals surface area contributed by atoms with Crippen molar-refractivity contribution >= 4 is 17.1 Å². The number of fused-ring (bicyclic) bond motifs is 15. The summed E-state index contributed by atoms with van der Waals surface area (Å²) < 4.78 is 0. The van der Waals surface area contributed by atoms with Crippen LogP contribution in [0.5, 0.6) is 0 Å². The highest BCUT2D eigenvalue weighted by atomic mass is 15.1. The fraction of sp³-hybridized carbons (Fsp3) is 0.0690. The zero-order valence-corrected chi connectivity index (χ0v) is 33.2. The van der Waals surface area contributed by atoms with E-state index in [1.54, 1.807) is 0 Å². The van der Waals surface area contributed by atoms with Gasteiger partial charge in [0, 0.05) is 22.4 Å². The molecule has 59 heavy (non-hydrogen) atoms. The predicted octanol–water partition coefficient (Wildman–Crippen LogP) is 15.1. The average molecular weight is 752 g/mol. The second-order valence-corrected chi connectivity index (χ2v) is 16.8. The third-order valence-corrected chi connectivity index (χ3v) is 13.5. The van der Waals surface area contributed by atoms with Crippen LogP contribution in [0.1, 0.15) is 47.2 Å². The molecule has 0 saturated carbocycles. The molecule has 0 fully saturated rings. The van der Waals surface area contributed by atoms with E-state index in [1.807, 2.05) is 0 Å². The van der Waals surface area contributed by atoms with Crippen LogP contribution in [0.15, 0.2) is 212 Å². The van der Waals surface area contributed by atoms with Crippen LogP contribution in [-0.4, -0.2) is 0 Å². The molecule has 3 aliphatic rings. The van der Waals surface area contributed by atoms with E-state index in [-0.39, 0.29) is 5.41 Å². The molecule has 1 heteroatoms. The summed E-state index contributed by atoms with van der Waals surface area (Å²) in [5.41, 5.74) is 23.4. The van der Waals surface area contributed by atoms with Crippen molar-refractivity contribution in [2.75, 3.05) is 4.90 Å². The van der Waals surface area contributed by atoms with Crippen LogP contribution in [0.2, 0.25) is 0 Å². The van der Waals surface area contributed by atoms with Gasteiger partial charge < -0.3 is 4.90 Å². The lowest BCUT2D eigenvalue weighted by atomic mass is 9.66. The SMILES string of the molecule is CC1(C)c2ccccc2-c2ccc(N(c3ccc4c(c3)-c3ccccc3-c3ccccc3C43c4ccccc4-c4ccccc43)c3ccccc3-c3ccccc3)cc21. The number of benzene rings is 9. The van der Waals surface area contributed by atoms with Crippen molar-refractivity contribution in [1.29, 1.82) is 0 Å². The Morgan fingerprint density at radius 2 is 0.695 bits per heavy atom. The second-order valence-electron chi connectivity index (χ2n) is 16.8. The van der Waals surface area contributed by atoms with E-state index in [0.29, 0.717) is 0 Å². The third kappa shape index (κ3) is 4.67. The smallest absolute Gasteiger partial charge is 0.0725 e. The maximum Gasteiger partial charge on any atom is 0.0725 e. The van der Waals surface area contributed by atoms with E-state index in [2.05, 4.69) is 231 Å². The van der Waals surface area contributed by atoms with Gasteiger partial charge in [0.15, 0.2) is 0 Å². The largest absolute Gasteiger partial charge is 0.310 e. The fourth-order valence-corrected chi connectivity index (χ4v) is 11.0. The number of hydrogen-bond acceptors (Lipinski definition) is 1. The normalized spacial score (nSPS) is 14.2. The summed E-state index contributed by atoms with van der Waals surface area (Å²) in [6, 6.07) is 79.5. The monoisotopic (exact) mass is 751 g/mol. The molecule has 0 aromatic heterocycles. The minimum absolute atomic E-state index is 0.138. The van der Waals surface area contributed by atoms with E-state index < -0.39 is 5.41 Å². The standard InChI is InChI=1S/C58H41N/c1-57(2)50-27-13-8-24-45(50)48-34-32-40(37-55(48)57)59(56-31-17-12-20-41(56)38-18-4-3-5-19-38)39-33-35-54-49(36-39)43-22-7-6-21-42(43)44-23-9-14-28-51(44)58(54)52-29-15-10-25-46(52)47-26-11-16-30-53(47)58/h3-37H,1-2H3. The van der Waals surface area contributed by atoms with Crippen molar-refractivity contribution in [2.24, 2.45) is 0 Å². The minimum atomic E-state index is -0.521. The first-order valence-electron chi connectivity index (χ1n) is 20.8. The molecule has 0 saturated heterocycles. The highest BCUT2D eigenvalue weighted by Gasteiger charge is 2.49. The Morgan fingerprint density at radius 3 is 1.32 bits per heavy atom. The Balaban J connectivity index is 1.17. The molecular formula is C58H41N. The van der Waals surface area contributed by atoms with Gasteiger partial charge in [-0.1, -0.05) is 196 Å². The Bertz CT molecular complexity index is 3100. The summed E-state index contributed by atoms with van der Waals surface area (Å²) >= 11 is 0. The molecule has 0 heterocycles. The zero-order valence-electron chi connectivity index (χ0n) is 33.2. The lowest BCUT2D eigenvalue weighted by Crippen LogP contribution is -2.29. The number of anilines is 3. The highest BCUT2D eigenvalue weighted by molar-refractivity contribution is 5.99. The van der Waals surface area contributed by atoms with E-state index >= 15 is 0 Å². The Morgan fingerprint density at radius 1 is 0.288 bits per heavy atom.